The third-order valence-corrected chi connectivity index (χ3v) is 5.53. The molecule has 4 rings (SSSR count). The van der Waals surface area contributed by atoms with Gasteiger partial charge in [-0.1, -0.05) is 29.8 Å². The van der Waals surface area contributed by atoms with E-state index in [2.05, 4.69) is 41.4 Å². The van der Waals surface area contributed by atoms with Crippen LogP contribution >= 0.6 is 0 Å². The van der Waals surface area contributed by atoms with Gasteiger partial charge in [0.2, 0.25) is 0 Å². The van der Waals surface area contributed by atoms with Gasteiger partial charge in [-0.15, -0.1) is 0 Å². The quantitative estimate of drug-likeness (QED) is 0.859. The monoisotopic (exact) mass is 370 g/mol. The normalized spacial score (nSPS) is 28.4. The summed E-state index contributed by atoms with van der Waals surface area (Å²) in [6.07, 6.45) is -0.569. The summed E-state index contributed by atoms with van der Waals surface area (Å²) in [6, 6.07) is 7.72. The number of carbonyl (C=O) groups excluding carboxylic acids is 2. The molecule has 3 atom stereocenters. The zero-order valence-corrected chi connectivity index (χ0v) is 16.2. The Balaban J connectivity index is 1.63. The zero-order valence-electron chi connectivity index (χ0n) is 16.2. The second-order valence-electron chi connectivity index (χ2n) is 7.50. The Morgan fingerprint density at radius 2 is 1.89 bits per heavy atom. The zero-order chi connectivity index (χ0) is 19.3. The fourth-order valence-corrected chi connectivity index (χ4v) is 4.14. The van der Waals surface area contributed by atoms with Crippen molar-refractivity contribution in [1.29, 1.82) is 0 Å². The van der Waals surface area contributed by atoms with Crippen molar-refractivity contribution < 1.29 is 9.59 Å². The molecule has 0 bridgehead atoms. The molecular weight excluding hydrogens is 344 g/mol. The predicted molar refractivity (Wildman–Crippen MR) is 102 cm³/mol. The fraction of sp³-hybridized carbons (Fsp3) is 0.526. The molecule has 2 fully saturated rings. The van der Waals surface area contributed by atoms with Crippen LogP contribution in [0, 0.1) is 6.92 Å². The molecule has 0 spiro atoms. The van der Waals surface area contributed by atoms with E-state index in [1.165, 1.54) is 10.5 Å². The van der Waals surface area contributed by atoms with E-state index in [-0.39, 0.29) is 24.4 Å². The molecule has 1 aromatic rings. The van der Waals surface area contributed by atoms with E-state index in [0.29, 0.717) is 19.6 Å². The maximum Gasteiger partial charge on any atom is 0.327 e. The Labute approximate surface area is 159 Å². The van der Waals surface area contributed by atoms with Crippen molar-refractivity contribution in [2.45, 2.75) is 45.8 Å². The summed E-state index contributed by atoms with van der Waals surface area (Å²) in [5.41, 5.74) is 3.33. The summed E-state index contributed by atoms with van der Waals surface area (Å²) in [7, 11) is 1.75. The van der Waals surface area contributed by atoms with Crippen molar-refractivity contribution in [1.82, 2.24) is 25.0 Å². The molecule has 2 saturated heterocycles. The van der Waals surface area contributed by atoms with Crippen LogP contribution in [-0.2, 0) is 11.3 Å². The first-order valence-electron chi connectivity index (χ1n) is 9.37. The van der Waals surface area contributed by atoms with Gasteiger partial charge in [0.25, 0.3) is 5.91 Å². The van der Waals surface area contributed by atoms with Gasteiger partial charge in [0.15, 0.2) is 6.29 Å². The number of hydrogen-bond acceptors (Lipinski definition) is 6. The number of carbonyl (C=O) groups is 2. The SMILES string of the molecule is CCN1C(=O)C2C(NC3N(Cc4ccc(C)cc4)N=C(C)CN23)N(C)C1=O. The molecule has 27 heavy (non-hydrogen) atoms. The predicted octanol–water partition coefficient (Wildman–Crippen LogP) is 0.984. The highest BCUT2D eigenvalue weighted by Gasteiger charge is 2.55. The molecular formula is C19H26N6O2. The molecule has 0 saturated carbocycles. The highest BCUT2D eigenvalue weighted by Crippen LogP contribution is 2.30. The van der Waals surface area contributed by atoms with Crippen LogP contribution in [0.5, 0.6) is 0 Å². The molecule has 8 nitrogen and oxygen atoms in total. The molecule has 3 heterocycles. The summed E-state index contributed by atoms with van der Waals surface area (Å²) in [5.74, 6) is -0.134. The maximum atomic E-state index is 13.0. The van der Waals surface area contributed by atoms with Crippen LogP contribution in [-0.4, -0.2) is 76.0 Å². The van der Waals surface area contributed by atoms with Gasteiger partial charge in [-0.25, -0.2) is 9.69 Å². The third kappa shape index (κ3) is 2.89. The van der Waals surface area contributed by atoms with Crippen molar-refractivity contribution >= 4 is 17.6 Å². The number of aryl methyl sites for hydroxylation is 1. The van der Waals surface area contributed by atoms with Crippen molar-refractivity contribution in [2.24, 2.45) is 5.10 Å². The Bertz CT molecular complexity index is 792. The summed E-state index contributed by atoms with van der Waals surface area (Å²) in [5, 5.41) is 10.2. The number of likely N-dealkylation sites (N-methyl/N-ethyl adjacent to an activating group) is 2. The van der Waals surface area contributed by atoms with E-state index >= 15 is 0 Å². The second kappa shape index (κ2) is 6.61. The fourth-order valence-electron chi connectivity index (χ4n) is 4.14. The van der Waals surface area contributed by atoms with Crippen molar-refractivity contribution in [2.75, 3.05) is 20.1 Å². The summed E-state index contributed by atoms with van der Waals surface area (Å²) < 4.78 is 0. The van der Waals surface area contributed by atoms with Crippen molar-refractivity contribution in [3.05, 3.63) is 35.4 Å². The number of imide groups is 1. The van der Waals surface area contributed by atoms with Crippen LogP contribution in [0.4, 0.5) is 4.79 Å². The number of amides is 3. The maximum absolute atomic E-state index is 13.0. The first-order chi connectivity index (χ1) is 12.9. The minimum Gasteiger partial charge on any atom is -0.310 e. The Morgan fingerprint density at radius 1 is 1.19 bits per heavy atom. The standard InChI is InChI=1S/C19H26N6O2/c1-5-23-17(26)15-16(22(4)19(23)27)20-18-24(15)10-13(3)21-25(18)11-14-8-6-12(2)7-9-14/h6-9,15-16,18,20H,5,10-11H2,1-4H3. The summed E-state index contributed by atoms with van der Waals surface area (Å²) in [6.45, 7) is 7.49. The van der Waals surface area contributed by atoms with Crippen LogP contribution < -0.4 is 5.32 Å². The molecule has 1 aromatic carbocycles. The lowest BCUT2D eigenvalue weighted by molar-refractivity contribution is -0.138. The van der Waals surface area contributed by atoms with Crippen LogP contribution in [0.25, 0.3) is 0 Å². The van der Waals surface area contributed by atoms with Gasteiger partial charge in [-0.2, -0.15) is 5.10 Å². The number of hydrazone groups is 1. The third-order valence-electron chi connectivity index (χ3n) is 5.53. The van der Waals surface area contributed by atoms with Crippen molar-refractivity contribution in [3.8, 4) is 0 Å². The molecule has 3 amide bonds. The largest absolute Gasteiger partial charge is 0.327 e. The van der Waals surface area contributed by atoms with E-state index in [9.17, 15) is 9.59 Å². The highest BCUT2D eigenvalue weighted by molar-refractivity contribution is 6.01. The van der Waals surface area contributed by atoms with Gasteiger partial charge in [-0.3, -0.25) is 20.0 Å². The second-order valence-corrected chi connectivity index (χ2v) is 7.50. The average molecular weight is 370 g/mol. The molecule has 8 heteroatoms. The van der Waals surface area contributed by atoms with Crippen molar-refractivity contribution in [3.63, 3.8) is 0 Å². The minimum atomic E-state index is -0.399. The van der Waals surface area contributed by atoms with Crippen LogP contribution in [0.15, 0.2) is 29.4 Å². The number of rotatable bonds is 3. The molecule has 1 N–H and O–H groups in total. The van der Waals surface area contributed by atoms with E-state index in [4.69, 9.17) is 5.10 Å². The minimum absolute atomic E-state index is 0.134. The number of benzene rings is 1. The van der Waals surface area contributed by atoms with E-state index < -0.39 is 6.04 Å². The van der Waals surface area contributed by atoms with Crippen LogP contribution in [0.3, 0.4) is 0 Å². The summed E-state index contributed by atoms with van der Waals surface area (Å²) in [4.78, 5) is 30.6. The topological polar surface area (TPSA) is 71.5 Å². The Hall–Kier alpha value is -2.45. The molecule has 3 aliphatic rings. The Morgan fingerprint density at radius 3 is 2.56 bits per heavy atom. The van der Waals surface area contributed by atoms with Crippen LogP contribution in [0.1, 0.15) is 25.0 Å². The molecule has 3 unspecified atom stereocenters. The smallest absolute Gasteiger partial charge is 0.310 e. The number of nitrogens with zero attached hydrogens (tertiary/aromatic N) is 5. The Kier molecular flexibility index (Phi) is 4.39. The molecule has 0 aromatic heterocycles. The van der Waals surface area contributed by atoms with Crippen LogP contribution in [0.2, 0.25) is 0 Å². The first kappa shape index (κ1) is 17.9. The lowest BCUT2D eigenvalue weighted by atomic mass is 10.1. The molecule has 144 valence electrons. The summed E-state index contributed by atoms with van der Waals surface area (Å²) >= 11 is 0. The first-order valence-corrected chi connectivity index (χ1v) is 9.37. The number of urea groups is 1. The highest BCUT2D eigenvalue weighted by atomic mass is 16.2. The number of nitrogens with one attached hydrogen (secondary N) is 1. The van der Waals surface area contributed by atoms with E-state index in [1.54, 1.807) is 11.9 Å². The lowest BCUT2D eigenvalue weighted by Crippen LogP contribution is -2.66. The van der Waals surface area contributed by atoms with Gasteiger partial charge in [0, 0.05) is 25.8 Å². The molecule has 0 aliphatic carbocycles. The molecule has 0 radical (unpaired) electrons. The van der Waals surface area contributed by atoms with Gasteiger partial charge in [0.05, 0.1) is 6.54 Å². The average Bonchev–Trinajstić information content (AvgIpc) is 3.02. The van der Waals surface area contributed by atoms with Gasteiger partial charge >= 0.3 is 6.03 Å². The number of hydrogen-bond donors (Lipinski definition) is 1. The lowest BCUT2D eigenvalue weighted by Gasteiger charge is -2.42. The number of fused-ring (bicyclic) bond motifs is 3. The van der Waals surface area contributed by atoms with E-state index in [1.807, 2.05) is 18.9 Å². The van der Waals surface area contributed by atoms with Gasteiger partial charge in [-0.05, 0) is 26.3 Å². The molecule has 3 aliphatic heterocycles. The van der Waals surface area contributed by atoms with Gasteiger partial charge < -0.3 is 4.90 Å². The van der Waals surface area contributed by atoms with E-state index in [0.717, 1.165) is 11.3 Å². The van der Waals surface area contributed by atoms with Gasteiger partial charge in [0.1, 0.15) is 12.2 Å².